The van der Waals surface area contributed by atoms with Crippen molar-refractivity contribution in [3.63, 3.8) is 0 Å². The fourth-order valence-electron chi connectivity index (χ4n) is 3.74. The normalized spacial score (nSPS) is 18.4. The van der Waals surface area contributed by atoms with E-state index in [1.165, 1.54) is 9.80 Å². The predicted octanol–water partition coefficient (Wildman–Crippen LogP) is 2.69. The molecule has 6 nitrogen and oxygen atoms in total. The maximum absolute atomic E-state index is 13.4. The zero-order valence-corrected chi connectivity index (χ0v) is 15.1. The van der Waals surface area contributed by atoms with Gasteiger partial charge in [0.25, 0.3) is 5.91 Å². The fourth-order valence-corrected chi connectivity index (χ4v) is 3.74. The number of fused-ring (bicyclic) bond motifs is 2. The minimum atomic E-state index is -1.64. The lowest BCUT2D eigenvalue weighted by atomic mass is 10.1. The molecule has 1 fully saturated rings. The Morgan fingerprint density at radius 1 is 1.10 bits per heavy atom. The average molecular weight is 403 g/mol. The summed E-state index contributed by atoms with van der Waals surface area (Å²) in [5, 5.41) is 2.26. The van der Waals surface area contributed by atoms with Crippen LogP contribution in [-0.4, -0.2) is 41.8 Å². The van der Waals surface area contributed by atoms with Gasteiger partial charge in [-0.05, 0) is 25.0 Å². The van der Waals surface area contributed by atoms with Crippen LogP contribution in [0, 0.1) is 17.5 Å². The Labute approximate surface area is 163 Å². The van der Waals surface area contributed by atoms with Gasteiger partial charge in [0.05, 0.1) is 11.3 Å². The molecule has 0 radical (unpaired) electrons. The quantitative estimate of drug-likeness (QED) is 0.802. The Hall–Kier alpha value is -3.36. The van der Waals surface area contributed by atoms with E-state index >= 15 is 0 Å². The van der Waals surface area contributed by atoms with Gasteiger partial charge in [0.15, 0.2) is 17.5 Å². The summed E-state index contributed by atoms with van der Waals surface area (Å²) < 4.78 is 39.8. The topological polar surface area (TPSA) is 69.7 Å². The lowest BCUT2D eigenvalue weighted by Gasteiger charge is -2.25. The van der Waals surface area contributed by atoms with Gasteiger partial charge in [-0.25, -0.2) is 13.2 Å². The molecule has 29 heavy (non-hydrogen) atoms. The van der Waals surface area contributed by atoms with Crippen molar-refractivity contribution in [2.45, 2.75) is 18.9 Å². The van der Waals surface area contributed by atoms with Crippen LogP contribution in [0.1, 0.15) is 23.2 Å². The van der Waals surface area contributed by atoms with Gasteiger partial charge in [-0.1, -0.05) is 12.1 Å². The summed E-state index contributed by atoms with van der Waals surface area (Å²) in [4.78, 5) is 41.1. The van der Waals surface area contributed by atoms with Crippen molar-refractivity contribution in [2.24, 2.45) is 0 Å². The molecule has 4 rings (SSSR count). The monoisotopic (exact) mass is 403 g/mol. The molecule has 0 bridgehead atoms. The second-order valence-electron chi connectivity index (χ2n) is 6.90. The third-order valence-electron chi connectivity index (χ3n) is 5.06. The maximum Gasteiger partial charge on any atom is 0.256 e. The summed E-state index contributed by atoms with van der Waals surface area (Å²) in [7, 11) is 0. The van der Waals surface area contributed by atoms with Gasteiger partial charge in [-0.3, -0.25) is 14.4 Å². The van der Waals surface area contributed by atoms with Crippen molar-refractivity contribution in [1.82, 2.24) is 4.90 Å². The number of anilines is 2. The van der Waals surface area contributed by atoms with E-state index in [0.29, 0.717) is 42.8 Å². The Balaban J connectivity index is 1.63. The molecule has 2 aliphatic heterocycles. The third-order valence-corrected chi connectivity index (χ3v) is 5.06. The largest absolute Gasteiger partial charge is 0.327 e. The summed E-state index contributed by atoms with van der Waals surface area (Å²) in [6, 6.07) is 7.10. The highest BCUT2D eigenvalue weighted by Crippen LogP contribution is 2.32. The molecule has 0 saturated carbocycles. The molecule has 2 aromatic rings. The van der Waals surface area contributed by atoms with E-state index in [1.54, 1.807) is 24.3 Å². The summed E-state index contributed by atoms with van der Waals surface area (Å²) in [5.41, 5.74) is 0.320. The molecule has 1 saturated heterocycles. The highest BCUT2D eigenvalue weighted by Gasteiger charge is 2.42. The maximum atomic E-state index is 13.4. The van der Waals surface area contributed by atoms with Crippen LogP contribution in [0.2, 0.25) is 0 Å². The van der Waals surface area contributed by atoms with Crippen molar-refractivity contribution < 1.29 is 27.6 Å². The molecule has 0 aromatic heterocycles. The first-order valence-corrected chi connectivity index (χ1v) is 9.02. The zero-order valence-electron chi connectivity index (χ0n) is 15.1. The van der Waals surface area contributed by atoms with E-state index in [1.807, 2.05) is 0 Å². The molecule has 1 N–H and O–H groups in total. The van der Waals surface area contributed by atoms with E-state index < -0.39 is 41.9 Å². The highest BCUT2D eigenvalue weighted by molar-refractivity contribution is 6.13. The van der Waals surface area contributed by atoms with Crippen LogP contribution < -0.4 is 10.2 Å². The lowest BCUT2D eigenvalue weighted by Crippen LogP contribution is -2.47. The smallest absolute Gasteiger partial charge is 0.256 e. The van der Waals surface area contributed by atoms with Crippen LogP contribution >= 0.6 is 0 Å². The van der Waals surface area contributed by atoms with Crippen LogP contribution in [0.5, 0.6) is 0 Å². The number of carbonyl (C=O) groups excluding carboxylic acids is 3. The highest BCUT2D eigenvalue weighted by atomic mass is 19.2. The standard InChI is InChI=1S/C20H16F3N3O3/c21-13-8-11(9-14(22)18(13)23)24-17(27)10-26-15-5-2-1-4-12(15)19(28)25-7-3-6-16(25)20(26)29/h1-2,4-5,8-9,16H,3,6-7,10H2,(H,24,27)/t16-/m0/s1. The molecule has 1 atom stereocenters. The lowest BCUT2D eigenvalue weighted by molar-refractivity contribution is -0.124. The summed E-state index contributed by atoms with van der Waals surface area (Å²) >= 11 is 0. The van der Waals surface area contributed by atoms with Gasteiger partial charge in [-0.2, -0.15) is 0 Å². The molecule has 0 spiro atoms. The van der Waals surface area contributed by atoms with Gasteiger partial charge in [0.2, 0.25) is 11.8 Å². The van der Waals surface area contributed by atoms with E-state index in [-0.39, 0.29) is 11.6 Å². The Kier molecular flexibility index (Phi) is 4.73. The summed E-state index contributed by atoms with van der Waals surface area (Å²) in [5.74, 6) is -5.93. The molecule has 2 heterocycles. The van der Waals surface area contributed by atoms with Crippen molar-refractivity contribution in [1.29, 1.82) is 0 Å². The van der Waals surface area contributed by atoms with Crippen molar-refractivity contribution in [3.8, 4) is 0 Å². The summed E-state index contributed by atoms with van der Waals surface area (Å²) in [6.45, 7) is -0.00811. The van der Waals surface area contributed by atoms with Crippen LogP contribution in [0.25, 0.3) is 0 Å². The molecular formula is C20H16F3N3O3. The van der Waals surface area contributed by atoms with Gasteiger partial charge in [0.1, 0.15) is 12.6 Å². The van der Waals surface area contributed by atoms with Gasteiger partial charge >= 0.3 is 0 Å². The van der Waals surface area contributed by atoms with E-state index in [4.69, 9.17) is 0 Å². The number of carbonyl (C=O) groups is 3. The number of para-hydroxylation sites is 1. The van der Waals surface area contributed by atoms with Crippen molar-refractivity contribution in [2.75, 3.05) is 23.3 Å². The number of rotatable bonds is 3. The number of benzene rings is 2. The van der Waals surface area contributed by atoms with Crippen molar-refractivity contribution in [3.05, 3.63) is 59.4 Å². The van der Waals surface area contributed by atoms with E-state index in [9.17, 15) is 27.6 Å². The number of nitrogens with one attached hydrogen (secondary N) is 1. The third kappa shape index (κ3) is 3.32. The minimum Gasteiger partial charge on any atom is -0.327 e. The van der Waals surface area contributed by atoms with Gasteiger partial charge in [-0.15, -0.1) is 0 Å². The molecule has 3 amide bonds. The second-order valence-corrected chi connectivity index (χ2v) is 6.90. The molecule has 2 aliphatic rings. The van der Waals surface area contributed by atoms with E-state index in [0.717, 1.165) is 0 Å². The van der Waals surface area contributed by atoms with Crippen LogP contribution in [-0.2, 0) is 9.59 Å². The zero-order chi connectivity index (χ0) is 20.7. The van der Waals surface area contributed by atoms with E-state index in [2.05, 4.69) is 5.32 Å². The Morgan fingerprint density at radius 3 is 2.52 bits per heavy atom. The second kappa shape index (κ2) is 7.23. The van der Waals surface area contributed by atoms with Gasteiger partial charge in [0, 0.05) is 24.4 Å². The SMILES string of the molecule is O=C(CN1C(=O)[C@@H]2CCCN2C(=O)c2ccccc21)Nc1cc(F)c(F)c(F)c1. The first-order valence-electron chi connectivity index (χ1n) is 9.02. The number of nitrogens with zero attached hydrogens (tertiary/aromatic N) is 2. The van der Waals surface area contributed by atoms with Gasteiger partial charge < -0.3 is 15.1 Å². The van der Waals surface area contributed by atoms with Crippen molar-refractivity contribution >= 4 is 29.1 Å². The molecule has 0 aliphatic carbocycles. The predicted molar refractivity (Wildman–Crippen MR) is 97.8 cm³/mol. The van der Waals surface area contributed by atoms with Crippen LogP contribution in [0.3, 0.4) is 0 Å². The first-order chi connectivity index (χ1) is 13.9. The number of amides is 3. The fraction of sp³-hybridized carbons (Fsp3) is 0.250. The van der Waals surface area contributed by atoms with Crippen LogP contribution in [0.15, 0.2) is 36.4 Å². The number of halogens is 3. The number of hydrogen-bond acceptors (Lipinski definition) is 3. The minimum absolute atomic E-state index is 0.276. The molecule has 9 heteroatoms. The first kappa shape index (κ1) is 19.0. The average Bonchev–Trinajstić information content (AvgIpc) is 3.16. The van der Waals surface area contributed by atoms with Crippen LogP contribution in [0.4, 0.5) is 24.5 Å². The number of hydrogen-bond donors (Lipinski definition) is 1. The molecule has 150 valence electrons. The summed E-state index contributed by atoms with van der Waals surface area (Å²) in [6.07, 6.45) is 1.17. The molecular weight excluding hydrogens is 387 g/mol. The Morgan fingerprint density at radius 2 is 1.79 bits per heavy atom. The molecule has 0 unspecified atom stereocenters. The molecule has 2 aromatic carbocycles. The Bertz CT molecular complexity index is 1000.